The Bertz CT molecular complexity index is 905. The maximum absolute atomic E-state index is 12.5. The Balaban J connectivity index is 1.43. The number of benzene rings is 2. The van der Waals surface area contributed by atoms with E-state index in [2.05, 4.69) is 10.6 Å². The lowest BCUT2D eigenvalue weighted by Gasteiger charge is -2.13. The average Bonchev–Trinajstić information content (AvgIpc) is 2.96. The average molecular weight is 434 g/mol. The lowest BCUT2D eigenvalue weighted by molar-refractivity contribution is -0.128. The van der Waals surface area contributed by atoms with E-state index in [1.165, 1.54) is 4.90 Å². The van der Waals surface area contributed by atoms with Crippen molar-refractivity contribution in [3.8, 4) is 0 Å². The Morgan fingerprint density at radius 3 is 2.59 bits per heavy atom. The number of nitrogens with one attached hydrogen (secondary N) is 2. The van der Waals surface area contributed by atoms with Crippen molar-refractivity contribution in [2.24, 2.45) is 0 Å². The number of halogens is 2. The SMILES string of the molecule is O=C(CC[C@H]1NC(=O)N(Cc2ccccc2)C1=O)NCCc1ccc(Cl)cc1Cl. The summed E-state index contributed by atoms with van der Waals surface area (Å²) in [6.07, 6.45) is 0.972. The van der Waals surface area contributed by atoms with E-state index in [4.69, 9.17) is 23.2 Å². The maximum Gasteiger partial charge on any atom is 0.325 e. The molecule has 1 aliphatic rings. The van der Waals surface area contributed by atoms with Gasteiger partial charge in [0.2, 0.25) is 5.91 Å². The smallest absolute Gasteiger partial charge is 0.325 e. The first-order valence-electron chi connectivity index (χ1n) is 9.30. The molecule has 3 rings (SSSR count). The molecule has 1 saturated heterocycles. The molecule has 2 N–H and O–H groups in total. The van der Waals surface area contributed by atoms with Crippen LogP contribution < -0.4 is 10.6 Å². The van der Waals surface area contributed by atoms with Gasteiger partial charge >= 0.3 is 6.03 Å². The van der Waals surface area contributed by atoms with Gasteiger partial charge in [0.15, 0.2) is 0 Å². The highest BCUT2D eigenvalue weighted by Gasteiger charge is 2.37. The predicted molar refractivity (Wildman–Crippen MR) is 112 cm³/mol. The van der Waals surface area contributed by atoms with Gasteiger partial charge in [-0.2, -0.15) is 0 Å². The number of hydrogen-bond donors (Lipinski definition) is 2. The number of carbonyl (C=O) groups is 3. The van der Waals surface area contributed by atoms with Gasteiger partial charge in [-0.3, -0.25) is 14.5 Å². The Hall–Kier alpha value is -2.57. The van der Waals surface area contributed by atoms with Crippen LogP contribution in [0.4, 0.5) is 4.79 Å². The zero-order chi connectivity index (χ0) is 20.8. The summed E-state index contributed by atoms with van der Waals surface area (Å²) in [5, 5.41) is 6.58. The van der Waals surface area contributed by atoms with Crippen LogP contribution in [0, 0.1) is 0 Å². The lowest BCUT2D eigenvalue weighted by Crippen LogP contribution is -2.33. The van der Waals surface area contributed by atoms with Gasteiger partial charge in [0.25, 0.3) is 5.91 Å². The van der Waals surface area contributed by atoms with Crippen molar-refractivity contribution in [3.63, 3.8) is 0 Å². The molecule has 0 aliphatic carbocycles. The molecular weight excluding hydrogens is 413 g/mol. The van der Waals surface area contributed by atoms with Crippen LogP contribution in [-0.4, -0.2) is 35.3 Å². The molecule has 0 spiro atoms. The summed E-state index contributed by atoms with van der Waals surface area (Å²) in [6.45, 7) is 0.640. The second-order valence-electron chi connectivity index (χ2n) is 6.79. The Morgan fingerprint density at radius 2 is 1.86 bits per heavy atom. The van der Waals surface area contributed by atoms with E-state index in [1.807, 2.05) is 36.4 Å². The van der Waals surface area contributed by atoms with Crippen LogP contribution >= 0.6 is 23.2 Å². The number of carbonyl (C=O) groups excluding carboxylic acids is 3. The molecule has 0 bridgehead atoms. The first-order valence-corrected chi connectivity index (χ1v) is 10.1. The fourth-order valence-corrected chi connectivity index (χ4v) is 3.62. The minimum absolute atomic E-state index is 0.143. The molecule has 8 heteroatoms. The van der Waals surface area contributed by atoms with Crippen molar-refractivity contribution in [2.75, 3.05) is 6.54 Å². The van der Waals surface area contributed by atoms with Crippen molar-refractivity contribution >= 4 is 41.0 Å². The van der Waals surface area contributed by atoms with Gasteiger partial charge in [0.05, 0.1) is 6.54 Å². The van der Waals surface area contributed by atoms with Crippen molar-refractivity contribution in [2.45, 2.75) is 31.8 Å². The minimum atomic E-state index is -0.678. The summed E-state index contributed by atoms with van der Waals surface area (Å²) >= 11 is 12.0. The summed E-state index contributed by atoms with van der Waals surface area (Å²) in [5.74, 6) is -0.488. The topological polar surface area (TPSA) is 78.5 Å². The van der Waals surface area contributed by atoms with E-state index in [-0.39, 0.29) is 31.2 Å². The monoisotopic (exact) mass is 433 g/mol. The second kappa shape index (κ2) is 9.76. The van der Waals surface area contributed by atoms with Crippen LogP contribution in [0.2, 0.25) is 10.0 Å². The number of nitrogens with zero attached hydrogens (tertiary/aromatic N) is 1. The summed E-state index contributed by atoms with van der Waals surface area (Å²) in [4.78, 5) is 37.9. The second-order valence-corrected chi connectivity index (χ2v) is 7.63. The fraction of sp³-hybridized carbons (Fsp3) is 0.286. The molecule has 1 fully saturated rings. The van der Waals surface area contributed by atoms with Gasteiger partial charge in [-0.1, -0.05) is 59.6 Å². The van der Waals surface area contributed by atoms with E-state index in [1.54, 1.807) is 12.1 Å². The molecule has 2 aromatic carbocycles. The molecule has 0 saturated carbocycles. The quantitative estimate of drug-likeness (QED) is 0.624. The molecule has 2 aromatic rings. The third-order valence-corrected chi connectivity index (χ3v) is 5.27. The Labute approximate surface area is 179 Å². The standard InChI is InChI=1S/C21H21Cl2N3O3/c22-16-7-6-15(17(23)12-16)10-11-24-19(27)9-8-18-20(28)26(21(29)25-18)13-14-4-2-1-3-5-14/h1-7,12,18H,8-11,13H2,(H,24,27)(H,25,29)/t18-/m1/s1. The highest BCUT2D eigenvalue weighted by molar-refractivity contribution is 6.35. The van der Waals surface area contributed by atoms with Crippen LogP contribution in [-0.2, 0) is 22.6 Å². The zero-order valence-corrected chi connectivity index (χ0v) is 17.2. The molecule has 1 heterocycles. The summed E-state index contributed by atoms with van der Waals surface area (Å²) in [6, 6.07) is 13.4. The molecule has 0 unspecified atom stereocenters. The molecule has 6 nitrogen and oxygen atoms in total. The van der Waals surface area contributed by atoms with Crippen molar-refractivity contribution in [3.05, 3.63) is 69.7 Å². The highest BCUT2D eigenvalue weighted by Crippen LogP contribution is 2.21. The Kier molecular flexibility index (Phi) is 7.12. The molecule has 0 radical (unpaired) electrons. The van der Waals surface area contributed by atoms with Gasteiger partial charge in [-0.05, 0) is 36.1 Å². The number of rotatable bonds is 8. The molecule has 1 aliphatic heterocycles. The fourth-order valence-electron chi connectivity index (χ4n) is 3.11. The van der Waals surface area contributed by atoms with Gasteiger partial charge < -0.3 is 10.6 Å². The van der Waals surface area contributed by atoms with Gasteiger partial charge in [-0.25, -0.2) is 4.79 Å². The van der Waals surface area contributed by atoms with Crippen LogP contribution in [0.1, 0.15) is 24.0 Å². The summed E-state index contributed by atoms with van der Waals surface area (Å²) in [7, 11) is 0. The number of imide groups is 1. The summed E-state index contributed by atoms with van der Waals surface area (Å²) in [5.41, 5.74) is 1.77. The number of urea groups is 1. The van der Waals surface area contributed by atoms with E-state index in [9.17, 15) is 14.4 Å². The van der Waals surface area contributed by atoms with E-state index < -0.39 is 12.1 Å². The molecule has 29 heavy (non-hydrogen) atoms. The van der Waals surface area contributed by atoms with Crippen molar-refractivity contribution in [1.29, 1.82) is 0 Å². The largest absolute Gasteiger partial charge is 0.356 e. The normalized spacial score (nSPS) is 16.1. The first kappa shape index (κ1) is 21.1. The van der Waals surface area contributed by atoms with Crippen LogP contribution in [0.3, 0.4) is 0 Å². The van der Waals surface area contributed by atoms with Gasteiger partial charge in [-0.15, -0.1) is 0 Å². The molecule has 152 valence electrons. The van der Waals surface area contributed by atoms with Crippen molar-refractivity contribution < 1.29 is 14.4 Å². The first-order chi connectivity index (χ1) is 13.9. The lowest BCUT2D eigenvalue weighted by atomic mass is 10.1. The third-order valence-electron chi connectivity index (χ3n) is 4.68. The predicted octanol–water partition coefficient (Wildman–Crippen LogP) is 3.55. The third kappa shape index (κ3) is 5.71. The maximum atomic E-state index is 12.5. The minimum Gasteiger partial charge on any atom is -0.356 e. The van der Waals surface area contributed by atoms with Crippen molar-refractivity contribution in [1.82, 2.24) is 15.5 Å². The molecule has 4 amide bonds. The molecular formula is C21H21Cl2N3O3. The zero-order valence-electron chi connectivity index (χ0n) is 15.7. The van der Waals surface area contributed by atoms with E-state index in [0.717, 1.165) is 11.1 Å². The van der Waals surface area contributed by atoms with Crippen LogP contribution in [0.25, 0.3) is 0 Å². The summed E-state index contributed by atoms with van der Waals surface area (Å²) < 4.78 is 0. The van der Waals surface area contributed by atoms with Gasteiger partial charge in [0.1, 0.15) is 6.04 Å². The van der Waals surface area contributed by atoms with Crippen LogP contribution in [0.15, 0.2) is 48.5 Å². The molecule has 0 aromatic heterocycles. The Morgan fingerprint density at radius 1 is 1.10 bits per heavy atom. The number of amides is 4. The van der Waals surface area contributed by atoms with Gasteiger partial charge in [0, 0.05) is 23.0 Å². The van der Waals surface area contributed by atoms with E-state index in [0.29, 0.717) is 23.0 Å². The van der Waals surface area contributed by atoms with Crippen LogP contribution in [0.5, 0.6) is 0 Å². The molecule has 1 atom stereocenters. The number of hydrogen-bond acceptors (Lipinski definition) is 3. The highest BCUT2D eigenvalue weighted by atomic mass is 35.5. The van der Waals surface area contributed by atoms with E-state index >= 15 is 0 Å².